The van der Waals surface area contributed by atoms with Crippen LogP contribution in [0.25, 0.3) is 0 Å². The number of anilines is 1. The van der Waals surface area contributed by atoms with Gasteiger partial charge in [0, 0.05) is 17.3 Å². The van der Waals surface area contributed by atoms with Gasteiger partial charge in [0.1, 0.15) is 0 Å². The van der Waals surface area contributed by atoms with Crippen molar-refractivity contribution in [2.45, 2.75) is 13.0 Å². The van der Waals surface area contributed by atoms with Gasteiger partial charge in [0.2, 0.25) is 0 Å². The number of urea groups is 1. The fraction of sp³-hybridized carbons (Fsp3) is 0.188. The quantitative estimate of drug-likeness (QED) is 0.809. The zero-order valence-electron chi connectivity index (χ0n) is 11.6. The van der Waals surface area contributed by atoms with Crippen LogP contribution in [0.2, 0.25) is 5.02 Å². The monoisotopic (exact) mass is 304 g/mol. The Balaban J connectivity index is 1.83. The van der Waals surface area contributed by atoms with Crippen LogP contribution in [0.1, 0.15) is 17.2 Å². The molecule has 0 aliphatic heterocycles. The van der Waals surface area contributed by atoms with Gasteiger partial charge in [-0.2, -0.15) is 0 Å². The lowest BCUT2D eigenvalue weighted by Crippen LogP contribution is -2.32. The van der Waals surface area contributed by atoms with E-state index in [4.69, 9.17) is 11.6 Å². The number of aryl methyl sites for hydroxylation is 1. The van der Waals surface area contributed by atoms with Crippen molar-refractivity contribution in [3.8, 4) is 0 Å². The summed E-state index contributed by atoms with van der Waals surface area (Å²) in [6, 6.07) is 14.0. The van der Waals surface area contributed by atoms with Crippen molar-refractivity contribution < 1.29 is 9.90 Å². The molecule has 2 amide bonds. The Hall–Kier alpha value is -2.04. The molecule has 0 bridgehead atoms. The van der Waals surface area contributed by atoms with Crippen molar-refractivity contribution >= 4 is 23.3 Å². The second-order valence-electron chi connectivity index (χ2n) is 4.77. The van der Waals surface area contributed by atoms with Crippen molar-refractivity contribution in [3.63, 3.8) is 0 Å². The van der Waals surface area contributed by atoms with Crippen molar-refractivity contribution in [1.29, 1.82) is 0 Å². The SMILES string of the molecule is Cc1ccc(NC(=O)NC[C@@H](O)c2ccc(Cl)cc2)cc1. The summed E-state index contributed by atoms with van der Waals surface area (Å²) in [4.78, 5) is 11.7. The molecule has 1 atom stereocenters. The summed E-state index contributed by atoms with van der Waals surface area (Å²) < 4.78 is 0. The van der Waals surface area contributed by atoms with Gasteiger partial charge >= 0.3 is 6.03 Å². The van der Waals surface area contributed by atoms with Gasteiger partial charge in [-0.05, 0) is 36.8 Å². The Kier molecular flexibility index (Phi) is 5.20. The molecular formula is C16H17ClN2O2. The van der Waals surface area contributed by atoms with Crippen LogP contribution >= 0.6 is 11.6 Å². The number of hydrogen-bond donors (Lipinski definition) is 3. The molecular weight excluding hydrogens is 288 g/mol. The van der Waals surface area contributed by atoms with Crippen LogP contribution in [0, 0.1) is 6.92 Å². The van der Waals surface area contributed by atoms with Crippen molar-refractivity contribution in [3.05, 3.63) is 64.7 Å². The number of aliphatic hydroxyl groups is 1. The highest BCUT2D eigenvalue weighted by Gasteiger charge is 2.09. The molecule has 21 heavy (non-hydrogen) atoms. The van der Waals surface area contributed by atoms with Gasteiger partial charge in [-0.3, -0.25) is 0 Å². The Bertz CT molecular complexity index is 597. The van der Waals surface area contributed by atoms with E-state index >= 15 is 0 Å². The van der Waals surface area contributed by atoms with Crippen LogP contribution in [-0.2, 0) is 0 Å². The minimum absolute atomic E-state index is 0.124. The fourth-order valence-electron chi connectivity index (χ4n) is 1.80. The van der Waals surface area contributed by atoms with Gasteiger partial charge in [0.05, 0.1) is 6.10 Å². The number of carbonyl (C=O) groups is 1. The van der Waals surface area contributed by atoms with Crippen LogP contribution in [-0.4, -0.2) is 17.7 Å². The number of carbonyl (C=O) groups excluding carboxylic acids is 1. The molecule has 0 radical (unpaired) electrons. The van der Waals surface area contributed by atoms with Gasteiger partial charge in [-0.1, -0.05) is 41.4 Å². The lowest BCUT2D eigenvalue weighted by Gasteiger charge is -2.13. The Labute approximate surface area is 128 Å². The van der Waals surface area contributed by atoms with Crippen molar-refractivity contribution in [2.75, 3.05) is 11.9 Å². The molecule has 2 aromatic rings. The van der Waals surface area contributed by atoms with E-state index in [9.17, 15) is 9.90 Å². The van der Waals surface area contributed by atoms with E-state index in [1.54, 1.807) is 24.3 Å². The Morgan fingerprint density at radius 3 is 2.38 bits per heavy atom. The highest BCUT2D eigenvalue weighted by atomic mass is 35.5. The fourth-order valence-corrected chi connectivity index (χ4v) is 1.93. The van der Waals surface area contributed by atoms with Crippen LogP contribution in [0.3, 0.4) is 0 Å². The van der Waals surface area contributed by atoms with Gasteiger partial charge in [0.15, 0.2) is 0 Å². The van der Waals surface area contributed by atoms with Gasteiger partial charge < -0.3 is 15.7 Å². The largest absolute Gasteiger partial charge is 0.387 e. The predicted molar refractivity (Wildman–Crippen MR) is 84.6 cm³/mol. The standard InChI is InChI=1S/C16H17ClN2O2/c1-11-2-8-14(9-3-11)19-16(21)18-10-15(20)12-4-6-13(17)7-5-12/h2-9,15,20H,10H2,1H3,(H2,18,19,21)/t15-/m1/s1. The number of amides is 2. The third-order valence-electron chi connectivity index (χ3n) is 3.02. The number of rotatable bonds is 4. The van der Waals surface area contributed by atoms with Gasteiger partial charge in [-0.15, -0.1) is 0 Å². The first-order valence-corrected chi connectivity index (χ1v) is 6.97. The van der Waals surface area contributed by atoms with E-state index < -0.39 is 6.10 Å². The number of nitrogens with one attached hydrogen (secondary N) is 2. The first kappa shape index (κ1) is 15.4. The minimum Gasteiger partial charge on any atom is -0.387 e. The minimum atomic E-state index is -0.772. The molecule has 0 spiro atoms. The predicted octanol–water partition coefficient (Wildman–Crippen LogP) is 3.50. The molecule has 0 saturated carbocycles. The molecule has 5 heteroatoms. The maximum absolute atomic E-state index is 11.7. The van der Waals surface area contributed by atoms with Crippen LogP contribution < -0.4 is 10.6 Å². The molecule has 0 saturated heterocycles. The Morgan fingerprint density at radius 2 is 1.76 bits per heavy atom. The van der Waals surface area contributed by atoms with Gasteiger partial charge in [0.25, 0.3) is 0 Å². The van der Waals surface area contributed by atoms with Crippen LogP contribution in [0.15, 0.2) is 48.5 Å². The molecule has 0 unspecified atom stereocenters. The first-order valence-electron chi connectivity index (χ1n) is 6.59. The molecule has 110 valence electrons. The molecule has 4 nitrogen and oxygen atoms in total. The molecule has 0 heterocycles. The molecule has 0 aliphatic rings. The summed E-state index contributed by atoms with van der Waals surface area (Å²) in [5.74, 6) is 0. The second-order valence-corrected chi connectivity index (χ2v) is 5.20. The zero-order valence-corrected chi connectivity index (χ0v) is 12.4. The highest BCUT2D eigenvalue weighted by Crippen LogP contribution is 2.15. The highest BCUT2D eigenvalue weighted by molar-refractivity contribution is 6.30. The summed E-state index contributed by atoms with van der Waals surface area (Å²) in [5, 5.41) is 15.9. The third kappa shape index (κ3) is 4.77. The van der Waals surface area contributed by atoms with E-state index in [0.29, 0.717) is 16.3 Å². The van der Waals surface area contributed by atoms with E-state index in [0.717, 1.165) is 5.56 Å². The van der Waals surface area contributed by atoms with E-state index in [1.165, 1.54) is 0 Å². The Morgan fingerprint density at radius 1 is 1.14 bits per heavy atom. The van der Waals surface area contributed by atoms with E-state index in [1.807, 2.05) is 31.2 Å². The third-order valence-corrected chi connectivity index (χ3v) is 3.27. The number of hydrogen-bond acceptors (Lipinski definition) is 2. The lowest BCUT2D eigenvalue weighted by molar-refractivity contribution is 0.175. The molecule has 0 fully saturated rings. The number of halogens is 1. The average Bonchev–Trinajstić information content (AvgIpc) is 2.48. The number of aliphatic hydroxyl groups excluding tert-OH is 1. The van der Waals surface area contributed by atoms with Crippen molar-refractivity contribution in [1.82, 2.24) is 5.32 Å². The molecule has 2 rings (SSSR count). The average molecular weight is 305 g/mol. The second kappa shape index (κ2) is 7.11. The summed E-state index contributed by atoms with van der Waals surface area (Å²) in [5.41, 5.74) is 2.54. The summed E-state index contributed by atoms with van der Waals surface area (Å²) in [6.07, 6.45) is -0.772. The normalized spacial score (nSPS) is 11.8. The zero-order chi connectivity index (χ0) is 15.2. The molecule has 2 aromatic carbocycles. The lowest BCUT2D eigenvalue weighted by atomic mass is 10.1. The first-order chi connectivity index (χ1) is 10.0. The summed E-state index contributed by atoms with van der Waals surface area (Å²) in [7, 11) is 0. The summed E-state index contributed by atoms with van der Waals surface area (Å²) in [6.45, 7) is 2.10. The maximum atomic E-state index is 11.7. The molecule has 3 N–H and O–H groups in total. The van der Waals surface area contributed by atoms with Crippen LogP contribution in [0.4, 0.5) is 10.5 Å². The van der Waals surface area contributed by atoms with E-state index in [2.05, 4.69) is 10.6 Å². The van der Waals surface area contributed by atoms with E-state index in [-0.39, 0.29) is 12.6 Å². The topological polar surface area (TPSA) is 61.4 Å². The summed E-state index contributed by atoms with van der Waals surface area (Å²) >= 11 is 5.78. The van der Waals surface area contributed by atoms with Crippen molar-refractivity contribution in [2.24, 2.45) is 0 Å². The van der Waals surface area contributed by atoms with Crippen LogP contribution in [0.5, 0.6) is 0 Å². The molecule has 0 aromatic heterocycles. The number of benzene rings is 2. The smallest absolute Gasteiger partial charge is 0.319 e. The molecule has 0 aliphatic carbocycles. The maximum Gasteiger partial charge on any atom is 0.319 e. The van der Waals surface area contributed by atoms with Gasteiger partial charge in [-0.25, -0.2) is 4.79 Å².